The van der Waals surface area contributed by atoms with E-state index in [1.807, 2.05) is 43.6 Å². The molecule has 0 saturated carbocycles. The predicted octanol–water partition coefficient (Wildman–Crippen LogP) is 1.75. The van der Waals surface area contributed by atoms with E-state index in [0.29, 0.717) is 26.1 Å². The minimum Gasteiger partial charge on any atom is -0.379 e. The second-order valence-electron chi connectivity index (χ2n) is 7.07. The number of benzene rings is 1. The highest BCUT2D eigenvalue weighted by atomic mass is 32.2. The summed E-state index contributed by atoms with van der Waals surface area (Å²) in [5.41, 5.74) is 2.02. The van der Waals surface area contributed by atoms with Gasteiger partial charge in [0.2, 0.25) is 10.0 Å². The van der Waals surface area contributed by atoms with E-state index in [2.05, 4.69) is 15.1 Å². The highest BCUT2D eigenvalue weighted by molar-refractivity contribution is 7.89. The van der Waals surface area contributed by atoms with Gasteiger partial charge in [-0.05, 0) is 52.6 Å². The van der Waals surface area contributed by atoms with Gasteiger partial charge in [-0.2, -0.15) is 5.10 Å². The van der Waals surface area contributed by atoms with Crippen molar-refractivity contribution < 1.29 is 13.3 Å². The maximum absolute atomic E-state index is 12.4. The number of sulfonamides is 1. The van der Waals surface area contributed by atoms with Crippen LogP contribution >= 0.6 is 0 Å². The molecular formula is C18H28N6O4S. The summed E-state index contributed by atoms with van der Waals surface area (Å²) < 4.78 is 29.1. The molecular weight excluding hydrogens is 396 g/mol. The zero-order valence-corrected chi connectivity index (χ0v) is 18.0. The molecule has 2 N–H and O–H groups in total. The van der Waals surface area contributed by atoms with E-state index in [1.54, 1.807) is 0 Å². The van der Waals surface area contributed by atoms with E-state index in [-0.39, 0.29) is 22.8 Å². The minimum atomic E-state index is -3.81. The molecule has 0 bridgehead atoms. The largest absolute Gasteiger partial charge is 0.379 e. The van der Waals surface area contributed by atoms with Gasteiger partial charge in [0.1, 0.15) is 5.69 Å². The third-order valence-electron chi connectivity index (χ3n) is 4.29. The molecule has 160 valence electrons. The van der Waals surface area contributed by atoms with Crippen LogP contribution in [-0.2, 0) is 16.6 Å². The summed E-state index contributed by atoms with van der Waals surface area (Å²) in [5.74, 6) is 0. The number of anilines is 1. The van der Waals surface area contributed by atoms with Crippen LogP contribution in [0, 0.1) is 24.0 Å². The van der Waals surface area contributed by atoms with Crippen LogP contribution in [-0.4, -0.2) is 61.8 Å². The first-order valence-electron chi connectivity index (χ1n) is 9.28. The number of likely N-dealkylation sites (N-methyl/N-ethyl adjacent to an activating group) is 1. The Labute approximate surface area is 171 Å². The molecule has 0 radical (unpaired) electrons. The van der Waals surface area contributed by atoms with E-state index in [0.717, 1.165) is 17.5 Å². The number of nitrogens with zero attached hydrogens (tertiary/aromatic N) is 4. The molecule has 11 heteroatoms. The molecule has 0 amide bonds. The second kappa shape index (κ2) is 9.81. The first kappa shape index (κ1) is 22.8. The smallest absolute Gasteiger partial charge is 0.293 e. The molecule has 2 rings (SSSR count). The highest BCUT2D eigenvalue weighted by Crippen LogP contribution is 2.27. The van der Waals surface area contributed by atoms with Crippen LogP contribution in [0.25, 0.3) is 0 Å². The van der Waals surface area contributed by atoms with Gasteiger partial charge < -0.3 is 10.2 Å². The number of nitro benzene ring substituents is 1. The molecule has 29 heavy (non-hydrogen) atoms. The molecule has 0 saturated heterocycles. The van der Waals surface area contributed by atoms with Gasteiger partial charge >= 0.3 is 0 Å². The number of nitrogens with one attached hydrogen (secondary N) is 2. The van der Waals surface area contributed by atoms with E-state index >= 15 is 0 Å². The van der Waals surface area contributed by atoms with Gasteiger partial charge in [0.15, 0.2) is 0 Å². The molecule has 0 spiro atoms. The van der Waals surface area contributed by atoms with E-state index < -0.39 is 14.9 Å². The number of aromatic nitrogens is 2. The number of rotatable bonds is 11. The van der Waals surface area contributed by atoms with Crippen molar-refractivity contribution in [1.29, 1.82) is 0 Å². The molecule has 0 fully saturated rings. The number of nitro groups is 1. The van der Waals surface area contributed by atoms with Crippen molar-refractivity contribution in [3.05, 3.63) is 45.8 Å². The normalized spacial score (nSPS) is 11.8. The van der Waals surface area contributed by atoms with Crippen LogP contribution in [0.5, 0.6) is 0 Å². The Morgan fingerprint density at radius 1 is 1.21 bits per heavy atom. The average Bonchev–Trinajstić information content (AvgIpc) is 2.95. The van der Waals surface area contributed by atoms with Gasteiger partial charge in [-0.15, -0.1) is 0 Å². The van der Waals surface area contributed by atoms with Gasteiger partial charge in [0, 0.05) is 37.9 Å². The molecule has 0 unspecified atom stereocenters. The first-order valence-corrected chi connectivity index (χ1v) is 10.8. The van der Waals surface area contributed by atoms with E-state index in [4.69, 9.17) is 0 Å². The number of hydrogen-bond acceptors (Lipinski definition) is 7. The summed E-state index contributed by atoms with van der Waals surface area (Å²) in [7, 11) is -0.157. The summed E-state index contributed by atoms with van der Waals surface area (Å²) in [5, 5.41) is 18.8. The lowest BCUT2D eigenvalue weighted by Crippen LogP contribution is -2.31. The standard InChI is InChI=1S/C18H28N6O4S/c1-14-12-15(2)23(21-14)10-5-8-19-17-7-6-16(13-18(17)24(25)26)29(27,28)20-9-11-22(3)4/h6-7,12-13,19-20H,5,8-11H2,1-4H3. The zero-order chi connectivity index (χ0) is 21.6. The fourth-order valence-corrected chi connectivity index (χ4v) is 3.86. The maximum Gasteiger partial charge on any atom is 0.293 e. The van der Waals surface area contributed by atoms with Crippen LogP contribution in [0.1, 0.15) is 17.8 Å². The zero-order valence-electron chi connectivity index (χ0n) is 17.2. The summed E-state index contributed by atoms with van der Waals surface area (Å²) >= 11 is 0. The fourth-order valence-electron chi connectivity index (χ4n) is 2.82. The molecule has 10 nitrogen and oxygen atoms in total. The molecule has 0 aliphatic carbocycles. The summed E-state index contributed by atoms with van der Waals surface area (Å²) in [6, 6.07) is 5.88. The summed E-state index contributed by atoms with van der Waals surface area (Å²) in [6.45, 7) is 5.82. The Bertz CT molecular complexity index is 955. The average molecular weight is 425 g/mol. The van der Waals surface area contributed by atoms with Crippen molar-refractivity contribution in [3.63, 3.8) is 0 Å². The number of hydrogen-bond donors (Lipinski definition) is 2. The fraction of sp³-hybridized carbons (Fsp3) is 0.500. The highest BCUT2D eigenvalue weighted by Gasteiger charge is 2.21. The van der Waals surface area contributed by atoms with Crippen LogP contribution in [0.3, 0.4) is 0 Å². The Kier molecular flexibility index (Phi) is 7.71. The Morgan fingerprint density at radius 2 is 1.93 bits per heavy atom. The quantitative estimate of drug-likeness (QED) is 0.320. The van der Waals surface area contributed by atoms with Crippen molar-refractivity contribution in [3.8, 4) is 0 Å². The molecule has 1 aromatic heterocycles. The minimum absolute atomic E-state index is 0.129. The monoisotopic (exact) mass is 424 g/mol. The van der Waals surface area contributed by atoms with Gasteiger partial charge in [-0.3, -0.25) is 14.8 Å². The molecule has 0 aliphatic rings. The summed E-state index contributed by atoms with van der Waals surface area (Å²) in [4.78, 5) is 12.6. The molecule has 1 heterocycles. The van der Waals surface area contributed by atoms with Crippen LogP contribution in [0.15, 0.2) is 29.2 Å². The van der Waals surface area contributed by atoms with E-state index in [1.165, 1.54) is 12.1 Å². The molecule has 0 aliphatic heterocycles. The van der Waals surface area contributed by atoms with Crippen molar-refractivity contribution in [1.82, 2.24) is 19.4 Å². The number of aryl methyl sites for hydroxylation is 3. The van der Waals surface area contributed by atoms with Crippen LogP contribution in [0.4, 0.5) is 11.4 Å². The van der Waals surface area contributed by atoms with Gasteiger partial charge in [-0.25, -0.2) is 13.1 Å². The lowest BCUT2D eigenvalue weighted by Gasteiger charge is -2.12. The lowest BCUT2D eigenvalue weighted by molar-refractivity contribution is -0.384. The molecule has 1 aromatic carbocycles. The Balaban J connectivity index is 2.03. The predicted molar refractivity (Wildman–Crippen MR) is 112 cm³/mol. The van der Waals surface area contributed by atoms with Crippen molar-refractivity contribution in [2.45, 2.75) is 31.7 Å². The van der Waals surface area contributed by atoms with Crippen LogP contribution < -0.4 is 10.0 Å². The topological polar surface area (TPSA) is 122 Å². The Morgan fingerprint density at radius 3 is 2.52 bits per heavy atom. The van der Waals surface area contributed by atoms with Gasteiger partial charge in [0.25, 0.3) is 5.69 Å². The van der Waals surface area contributed by atoms with Crippen molar-refractivity contribution >= 4 is 21.4 Å². The van der Waals surface area contributed by atoms with Crippen molar-refractivity contribution in [2.75, 3.05) is 39.0 Å². The molecule has 2 aromatic rings. The third-order valence-corrected chi connectivity index (χ3v) is 5.75. The SMILES string of the molecule is Cc1cc(C)n(CCCNc2ccc(S(=O)(=O)NCCN(C)C)cc2[N+](=O)[O-])n1. The Hall–Kier alpha value is -2.50. The maximum atomic E-state index is 12.4. The lowest BCUT2D eigenvalue weighted by atomic mass is 10.2. The second-order valence-corrected chi connectivity index (χ2v) is 8.83. The summed E-state index contributed by atoms with van der Waals surface area (Å²) in [6.07, 6.45) is 0.714. The third kappa shape index (κ3) is 6.51. The van der Waals surface area contributed by atoms with Gasteiger partial charge in [0.05, 0.1) is 15.5 Å². The van der Waals surface area contributed by atoms with Gasteiger partial charge in [-0.1, -0.05) is 0 Å². The van der Waals surface area contributed by atoms with Crippen LogP contribution in [0.2, 0.25) is 0 Å². The first-order chi connectivity index (χ1) is 13.6. The van der Waals surface area contributed by atoms with E-state index in [9.17, 15) is 18.5 Å². The molecule has 0 atom stereocenters. The van der Waals surface area contributed by atoms with Crippen molar-refractivity contribution in [2.24, 2.45) is 0 Å².